The van der Waals surface area contributed by atoms with E-state index in [9.17, 15) is 4.57 Å². The van der Waals surface area contributed by atoms with Gasteiger partial charge in [-0.3, -0.25) is 5.73 Å². The van der Waals surface area contributed by atoms with Crippen LogP contribution in [0.25, 0.3) is 11.3 Å². The second-order valence-electron chi connectivity index (χ2n) is 8.27. The molecular formula is C23H29N3O6P+. The summed E-state index contributed by atoms with van der Waals surface area (Å²) in [5.41, 5.74) is 9.70. The smallest absolute Gasteiger partial charge is 0.374 e. The van der Waals surface area contributed by atoms with Gasteiger partial charge in [-0.1, -0.05) is 48.7 Å². The predicted octanol–water partition coefficient (Wildman–Crippen LogP) is 3.72. The van der Waals surface area contributed by atoms with E-state index in [-0.39, 0.29) is 12.5 Å². The zero-order valence-corrected chi connectivity index (χ0v) is 19.2. The Labute approximate surface area is 192 Å². The number of pyridine rings is 1. The molecule has 4 N–H and O–H groups in total. The number of nitrogens with two attached hydrogens (primary N) is 1. The van der Waals surface area contributed by atoms with E-state index in [0.29, 0.717) is 30.5 Å². The number of benzene rings is 1. The molecule has 1 aliphatic rings. The molecule has 1 saturated carbocycles. The third kappa shape index (κ3) is 6.72. The van der Waals surface area contributed by atoms with Gasteiger partial charge < -0.3 is 19.0 Å². The van der Waals surface area contributed by atoms with Crippen LogP contribution in [0.1, 0.15) is 48.9 Å². The van der Waals surface area contributed by atoms with E-state index in [2.05, 4.69) is 33.9 Å². The molecule has 4 rings (SSSR count). The number of phosphoric acid groups is 1. The topological polar surface area (TPSA) is 132 Å². The molecule has 0 bridgehead atoms. The van der Waals surface area contributed by atoms with Crippen LogP contribution in [-0.4, -0.2) is 21.0 Å². The first kappa shape index (κ1) is 23.6. The first-order valence-corrected chi connectivity index (χ1v) is 12.5. The maximum atomic E-state index is 11.0. The minimum atomic E-state index is -4.61. The lowest BCUT2D eigenvalue weighted by Crippen LogP contribution is -2.38. The number of nitrogens with zero attached hydrogens (tertiary/aromatic N) is 2. The van der Waals surface area contributed by atoms with Crippen molar-refractivity contribution < 1.29 is 32.7 Å². The van der Waals surface area contributed by atoms with Gasteiger partial charge in [0.2, 0.25) is 6.73 Å². The van der Waals surface area contributed by atoms with Crippen molar-refractivity contribution in [2.24, 2.45) is 0 Å². The predicted molar refractivity (Wildman–Crippen MR) is 121 cm³/mol. The number of hydrogen-bond acceptors (Lipinski definition) is 6. The summed E-state index contributed by atoms with van der Waals surface area (Å²) < 4.78 is 28.4. The number of ether oxygens (including phenoxy) is 1. The molecule has 176 valence electrons. The fourth-order valence-electron chi connectivity index (χ4n) is 3.95. The van der Waals surface area contributed by atoms with E-state index in [0.717, 1.165) is 29.7 Å². The Bertz CT molecular complexity index is 1110. The molecule has 1 aromatic carbocycles. The second-order valence-corrected chi connectivity index (χ2v) is 9.51. The van der Waals surface area contributed by atoms with Crippen LogP contribution in [0.15, 0.2) is 53.2 Å². The van der Waals surface area contributed by atoms with Crippen LogP contribution in [0, 0.1) is 0 Å². The highest BCUT2D eigenvalue weighted by Gasteiger charge is 2.21. The Morgan fingerprint density at radius 1 is 1.12 bits per heavy atom. The van der Waals surface area contributed by atoms with E-state index < -0.39 is 7.82 Å². The van der Waals surface area contributed by atoms with Gasteiger partial charge in [0.05, 0.1) is 24.6 Å². The molecule has 0 radical (unpaired) electrons. The Morgan fingerprint density at radius 2 is 1.85 bits per heavy atom. The number of aromatic nitrogens is 2. The monoisotopic (exact) mass is 474 g/mol. The molecule has 10 heteroatoms. The Balaban J connectivity index is 1.37. The molecular weight excluding hydrogens is 445 g/mol. The lowest BCUT2D eigenvalue weighted by atomic mass is 9.98. The number of nitrogen functional groups attached to an aromatic ring is 1. The molecule has 0 saturated heterocycles. The number of rotatable bonds is 9. The van der Waals surface area contributed by atoms with E-state index in [1.807, 2.05) is 0 Å². The van der Waals surface area contributed by atoms with Gasteiger partial charge in [-0.2, -0.15) is 0 Å². The number of anilines is 1. The fraction of sp³-hybridized carbons (Fsp3) is 0.391. The van der Waals surface area contributed by atoms with Crippen molar-refractivity contribution in [1.82, 2.24) is 5.16 Å². The van der Waals surface area contributed by atoms with Crippen LogP contribution in [0.5, 0.6) is 0 Å². The molecule has 1 aliphatic carbocycles. The zero-order chi connectivity index (χ0) is 23.3. The Kier molecular flexibility index (Phi) is 7.57. The third-order valence-corrected chi connectivity index (χ3v) is 6.20. The minimum Gasteiger partial charge on any atom is -0.374 e. The summed E-state index contributed by atoms with van der Waals surface area (Å²) in [6, 6.07) is 13.5. The summed E-state index contributed by atoms with van der Waals surface area (Å²) in [5, 5.41) is 4.14. The summed E-state index contributed by atoms with van der Waals surface area (Å²) in [5.74, 6) is 0.710. The maximum Gasteiger partial charge on any atom is 0.472 e. The van der Waals surface area contributed by atoms with Gasteiger partial charge in [-0.15, -0.1) is 0 Å². The molecule has 3 aromatic rings. The molecule has 2 heterocycles. The fourth-order valence-corrected chi connectivity index (χ4v) is 4.23. The molecule has 0 amide bonds. The standard InChI is InChI=1S/C23H28N3O6P/c24-23-21(7-4-12-26(23)16-31-33(27,28)29)22-14-19(25-32-22)13-17-8-10-18(11-9-17)15-30-20-5-2-1-3-6-20/h4,7-12,14,20,24H,1-3,5-6,13,15-16H2,(H2,27,28,29)/p+1. The van der Waals surface area contributed by atoms with Crippen LogP contribution in [0.3, 0.4) is 0 Å². The van der Waals surface area contributed by atoms with Gasteiger partial charge in [0.25, 0.3) is 5.82 Å². The molecule has 0 aliphatic heterocycles. The highest BCUT2D eigenvalue weighted by Crippen LogP contribution is 2.35. The average Bonchev–Trinajstić information content (AvgIpc) is 3.26. The van der Waals surface area contributed by atoms with Gasteiger partial charge >= 0.3 is 7.82 Å². The highest BCUT2D eigenvalue weighted by atomic mass is 31.2. The van der Waals surface area contributed by atoms with Crippen molar-refractivity contribution in [1.29, 1.82) is 0 Å². The normalized spacial score (nSPS) is 15.1. The zero-order valence-electron chi connectivity index (χ0n) is 18.3. The molecule has 0 spiro atoms. The van der Waals surface area contributed by atoms with Crippen molar-refractivity contribution in [2.75, 3.05) is 5.73 Å². The summed E-state index contributed by atoms with van der Waals surface area (Å²) >= 11 is 0. The van der Waals surface area contributed by atoms with Crippen molar-refractivity contribution in [3.8, 4) is 11.3 Å². The van der Waals surface area contributed by atoms with Crippen molar-refractivity contribution in [3.05, 3.63) is 65.5 Å². The Morgan fingerprint density at radius 3 is 2.58 bits per heavy atom. The van der Waals surface area contributed by atoms with E-state index >= 15 is 0 Å². The SMILES string of the molecule is Nc1c(-c2cc(Cc3ccc(COC4CCCCC4)cc3)no2)ccc[n+]1COP(=O)(O)O. The number of hydrogen-bond donors (Lipinski definition) is 3. The van der Waals surface area contributed by atoms with Crippen LogP contribution in [0.4, 0.5) is 5.82 Å². The molecule has 9 nitrogen and oxygen atoms in total. The van der Waals surface area contributed by atoms with E-state index in [1.54, 1.807) is 24.4 Å². The Hall–Kier alpha value is -2.55. The molecule has 1 fully saturated rings. The van der Waals surface area contributed by atoms with Gasteiger partial charge in [0, 0.05) is 12.5 Å². The third-order valence-electron chi connectivity index (χ3n) is 5.75. The summed E-state index contributed by atoms with van der Waals surface area (Å²) in [6.07, 6.45) is 8.72. The minimum absolute atomic E-state index is 0.246. The van der Waals surface area contributed by atoms with Crippen LogP contribution >= 0.6 is 7.82 Å². The van der Waals surface area contributed by atoms with E-state index in [1.165, 1.54) is 23.8 Å². The van der Waals surface area contributed by atoms with Crippen molar-refractivity contribution in [2.45, 2.75) is 58.0 Å². The second kappa shape index (κ2) is 10.6. The van der Waals surface area contributed by atoms with Gasteiger partial charge in [-0.25, -0.2) is 13.7 Å². The maximum absolute atomic E-state index is 11.0. The van der Waals surface area contributed by atoms with Gasteiger partial charge in [0.1, 0.15) is 5.56 Å². The van der Waals surface area contributed by atoms with Gasteiger partial charge in [0.15, 0.2) is 5.76 Å². The molecule has 0 unspecified atom stereocenters. The first-order chi connectivity index (χ1) is 15.9. The number of phosphoric ester groups is 1. The largest absolute Gasteiger partial charge is 0.472 e. The average molecular weight is 474 g/mol. The molecule has 33 heavy (non-hydrogen) atoms. The van der Waals surface area contributed by atoms with Crippen LogP contribution in [-0.2, 0) is 33.6 Å². The van der Waals surface area contributed by atoms with Crippen LogP contribution in [0.2, 0.25) is 0 Å². The van der Waals surface area contributed by atoms with Crippen molar-refractivity contribution in [3.63, 3.8) is 0 Å². The van der Waals surface area contributed by atoms with Crippen molar-refractivity contribution >= 4 is 13.6 Å². The summed E-state index contributed by atoms with van der Waals surface area (Å²) in [7, 11) is -4.61. The quantitative estimate of drug-likeness (QED) is 0.316. The highest BCUT2D eigenvalue weighted by molar-refractivity contribution is 7.46. The molecule has 0 atom stereocenters. The summed E-state index contributed by atoms with van der Waals surface area (Å²) in [4.78, 5) is 17.8. The molecule has 2 aromatic heterocycles. The summed E-state index contributed by atoms with van der Waals surface area (Å²) in [6.45, 7) is 0.250. The van der Waals surface area contributed by atoms with Crippen LogP contribution < -0.4 is 10.3 Å². The lowest BCUT2D eigenvalue weighted by Gasteiger charge is -2.22. The first-order valence-electron chi connectivity index (χ1n) is 11.0. The van der Waals surface area contributed by atoms with Gasteiger partial charge in [-0.05, 0) is 36.1 Å². The van der Waals surface area contributed by atoms with E-state index in [4.69, 9.17) is 24.8 Å². The lowest BCUT2D eigenvalue weighted by molar-refractivity contribution is -0.711.